The van der Waals surface area contributed by atoms with Gasteiger partial charge in [-0.15, -0.1) is 11.3 Å². The van der Waals surface area contributed by atoms with Gasteiger partial charge < -0.3 is 9.15 Å². The molecular weight excluding hydrogens is 300 g/mol. The van der Waals surface area contributed by atoms with Crippen molar-refractivity contribution in [2.75, 3.05) is 6.61 Å². The van der Waals surface area contributed by atoms with Crippen LogP contribution in [0.5, 0.6) is 6.01 Å². The van der Waals surface area contributed by atoms with Crippen molar-refractivity contribution >= 4 is 17.0 Å². The Bertz CT molecular complexity index is 897. The summed E-state index contributed by atoms with van der Waals surface area (Å²) >= 11 is 1.59. The molecule has 0 aromatic carbocycles. The minimum Gasteiger partial charge on any atom is -0.464 e. The first-order chi connectivity index (χ1) is 10.8. The maximum atomic E-state index is 5.47. The van der Waals surface area contributed by atoms with Gasteiger partial charge in [0.15, 0.2) is 17.2 Å². The molecule has 22 heavy (non-hydrogen) atoms. The van der Waals surface area contributed by atoms with E-state index in [1.165, 1.54) is 0 Å². The predicted molar refractivity (Wildman–Crippen MR) is 83.0 cm³/mol. The van der Waals surface area contributed by atoms with Gasteiger partial charge in [-0.05, 0) is 30.5 Å². The van der Waals surface area contributed by atoms with Gasteiger partial charge in [-0.2, -0.15) is 19.6 Å². The fourth-order valence-electron chi connectivity index (χ4n) is 2.17. The summed E-state index contributed by atoms with van der Waals surface area (Å²) in [5, 5.41) is 6.56. The summed E-state index contributed by atoms with van der Waals surface area (Å²) in [5.41, 5.74) is 1.39. The quantitative estimate of drug-likeness (QED) is 0.577. The molecule has 6 nitrogen and oxygen atoms in total. The summed E-state index contributed by atoms with van der Waals surface area (Å²) in [6.45, 7) is 2.42. The van der Waals surface area contributed by atoms with Crippen LogP contribution in [-0.4, -0.2) is 26.2 Å². The van der Waals surface area contributed by atoms with Crippen LogP contribution in [0.15, 0.2) is 46.4 Å². The molecule has 0 unspecified atom stereocenters. The average molecular weight is 312 g/mol. The lowest BCUT2D eigenvalue weighted by molar-refractivity contribution is 0.312. The van der Waals surface area contributed by atoms with Gasteiger partial charge in [0.1, 0.15) is 5.69 Å². The molecule has 0 N–H and O–H groups in total. The second-order valence-electron chi connectivity index (χ2n) is 4.52. The zero-order valence-electron chi connectivity index (χ0n) is 11.8. The summed E-state index contributed by atoms with van der Waals surface area (Å²) in [6, 6.07) is 9.88. The fourth-order valence-corrected chi connectivity index (χ4v) is 2.87. The Kier molecular flexibility index (Phi) is 3.12. The monoisotopic (exact) mass is 312 g/mol. The Balaban J connectivity index is 1.95. The molecular formula is C15H12N4O2S. The first-order valence-corrected chi connectivity index (χ1v) is 7.71. The molecule has 110 valence electrons. The van der Waals surface area contributed by atoms with Crippen LogP contribution in [0, 0.1) is 0 Å². The Morgan fingerprint density at radius 2 is 2.23 bits per heavy atom. The van der Waals surface area contributed by atoms with Crippen LogP contribution < -0.4 is 4.74 Å². The van der Waals surface area contributed by atoms with Crippen molar-refractivity contribution in [2.24, 2.45) is 0 Å². The third-order valence-corrected chi connectivity index (χ3v) is 3.96. The summed E-state index contributed by atoms with van der Waals surface area (Å²) in [5.74, 6) is 1.40. The number of aromatic nitrogens is 4. The normalized spacial score (nSPS) is 11.1. The Morgan fingerprint density at radius 3 is 2.95 bits per heavy atom. The molecule has 0 aliphatic rings. The molecule has 4 aromatic rings. The summed E-state index contributed by atoms with van der Waals surface area (Å²) in [4.78, 5) is 9.87. The molecule has 0 bridgehead atoms. The number of rotatable bonds is 4. The Labute approximate surface area is 130 Å². The van der Waals surface area contributed by atoms with E-state index in [-0.39, 0.29) is 0 Å². The van der Waals surface area contributed by atoms with Gasteiger partial charge in [0, 0.05) is 6.07 Å². The summed E-state index contributed by atoms with van der Waals surface area (Å²) in [6.07, 6.45) is 1.62. The maximum Gasteiger partial charge on any atom is 0.320 e. The van der Waals surface area contributed by atoms with Crippen LogP contribution >= 0.6 is 11.3 Å². The molecule has 0 saturated carbocycles. The number of hydrogen-bond donors (Lipinski definition) is 0. The number of ether oxygens (including phenoxy) is 1. The van der Waals surface area contributed by atoms with Crippen molar-refractivity contribution in [1.82, 2.24) is 19.6 Å². The second-order valence-corrected chi connectivity index (χ2v) is 5.46. The van der Waals surface area contributed by atoms with Gasteiger partial charge in [0.2, 0.25) is 0 Å². The molecule has 0 radical (unpaired) electrons. The second kappa shape index (κ2) is 5.27. The molecule has 0 aliphatic heterocycles. The SMILES string of the molecule is CCOc1nc(-c2cccs2)n2nc(-c3ccco3)cc2n1. The van der Waals surface area contributed by atoms with E-state index in [2.05, 4.69) is 15.1 Å². The van der Waals surface area contributed by atoms with Crippen molar-refractivity contribution in [3.8, 4) is 28.2 Å². The molecule has 0 fully saturated rings. The van der Waals surface area contributed by atoms with Gasteiger partial charge in [-0.3, -0.25) is 0 Å². The third kappa shape index (κ3) is 2.15. The van der Waals surface area contributed by atoms with Gasteiger partial charge in [0.05, 0.1) is 17.7 Å². The van der Waals surface area contributed by atoms with Crippen molar-refractivity contribution in [3.63, 3.8) is 0 Å². The van der Waals surface area contributed by atoms with E-state index < -0.39 is 0 Å². The number of thiophene rings is 1. The van der Waals surface area contributed by atoms with Crippen molar-refractivity contribution in [1.29, 1.82) is 0 Å². The maximum absolute atomic E-state index is 5.47. The lowest BCUT2D eigenvalue weighted by Gasteiger charge is -2.05. The minimum atomic E-state index is 0.351. The fraction of sp³-hybridized carbons (Fsp3) is 0.133. The summed E-state index contributed by atoms with van der Waals surface area (Å²) in [7, 11) is 0. The standard InChI is InChI=1S/C15H12N4O2S/c1-2-20-15-16-13-9-10(11-5-3-7-21-11)18-19(13)14(17-15)12-6-4-8-22-12/h3-9H,2H2,1H3. The molecule has 4 heterocycles. The topological polar surface area (TPSA) is 65.5 Å². The number of nitrogens with zero attached hydrogens (tertiary/aromatic N) is 4. The Hall–Kier alpha value is -2.67. The van der Waals surface area contributed by atoms with Crippen molar-refractivity contribution in [3.05, 3.63) is 42.0 Å². The van der Waals surface area contributed by atoms with Crippen LogP contribution in [0.3, 0.4) is 0 Å². The van der Waals surface area contributed by atoms with Crippen molar-refractivity contribution in [2.45, 2.75) is 6.92 Å². The number of hydrogen-bond acceptors (Lipinski definition) is 6. The van der Waals surface area contributed by atoms with E-state index in [9.17, 15) is 0 Å². The zero-order chi connectivity index (χ0) is 14.9. The highest BCUT2D eigenvalue weighted by Gasteiger charge is 2.15. The van der Waals surface area contributed by atoms with Crippen LogP contribution in [0.25, 0.3) is 27.8 Å². The van der Waals surface area contributed by atoms with Gasteiger partial charge in [-0.25, -0.2) is 0 Å². The number of fused-ring (bicyclic) bond motifs is 1. The highest BCUT2D eigenvalue weighted by molar-refractivity contribution is 7.13. The van der Waals surface area contributed by atoms with E-state index in [0.29, 0.717) is 35.5 Å². The highest BCUT2D eigenvalue weighted by Crippen LogP contribution is 2.27. The third-order valence-electron chi connectivity index (χ3n) is 3.09. The molecule has 0 amide bonds. The van der Waals surface area contributed by atoms with Gasteiger partial charge >= 0.3 is 6.01 Å². The average Bonchev–Trinajstić information content (AvgIpc) is 3.26. The molecule has 4 aromatic heterocycles. The first-order valence-electron chi connectivity index (χ1n) is 6.83. The molecule has 0 spiro atoms. The molecule has 0 aliphatic carbocycles. The highest BCUT2D eigenvalue weighted by atomic mass is 32.1. The largest absolute Gasteiger partial charge is 0.464 e. The smallest absolute Gasteiger partial charge is 0.320 e. The van der Waals surface area contributed by atoms with Crippen LogP contribution in [-0.2, 0) is 0 Å². The minimum absolute atomic E-state index is 0.351. The molecule has 4 rings (SSSR count). The van der Waals surface area contributed by atoms with E-state index in [1.807, 2.05) is 42.6 Å². The van der Waals surface area contributed by atoms with E-state index in [4.69, 9.17) is 9.15 Å². The lowest BCUT2D eigenvalue weighted by atomic mass is 10.3. The predicted octanol–water partition coefficient (Wildman–Crippen LogP) is 3.51. The van der Waals surface area contributed by atoms with Crippen LogP contribution in [0.4, 0.5) is 0 Å². The first kappa shape index (κ1) is 13.0. The van der Waals surface area contributed by atoms with Gasteiger partial charge in [0.25, 0.3) is 0 Å². The molecule has 7 heteroatoms. The van der Waals surface area contributed by atoms with E-state index in [1.54, 1.807) is 22.1 Å². The van der Waals surface area contributed by atoms with Crippen LogP contribution in [0.1, 0.15) is 6.92 Å². The Morgan fingerprint density at radius 1 is 1.27 bits per heavy atom. The lowest BCUT2D eigenvalue weighted by Crippen LogP contribution is -2.04. The summed E-state index contributed by atoms with van der Waals surface area (Å²) < 4.78 is 12.6. The molecule has 0 atom stereocenters. The number of furan rings is 1. The zero-order valence-corrected chi connectivity index (χ0v) is 12.6. The van der Waals surface area contributed by atoms with Crippen molar-refractivity contribution < 1.29 is 9.15 Å². The molecule has 0 saturated heterocycles. The van der Waals surface area contributed by atoms with Gasteiger partial charge in [-0.1, -0.05) is 6.07 Å². The van der Waals surface area contributed by atoms with E-state index >= 15 is 0 Å². The van der Waals surface area contributed by atoms with Crippen LogP contribution in [0.2, 0.25) is 0 Å². The van der Waals surface area contributed by atoms with E-state index in [0.717, 1.165) is 4.88 Å².